The molecule has 3 nitrogen and oxygen atoms in total. The van der Waals surface area contributed by atoms with Crippen molar-refractivity contribution in [3.05, 3.63) is 101 Å². The molecule has 0 saturated heterocycles. The Hall–Kier alpha value is -3.07. The Labute approximate surface area is 161 Å². The Morgan fingerprint density at radius 1 is 0.852 bits per heavy atom. The van der Waals surface area contributed by atoms with Gasteiger partial charge < -0.3 is 10.1 Å². The van der Waals surface area contributed by atoms with Crippen LogP contribution in [0, 0.1) is 20.8 Å². The first-order valence-corrected chi connectivity index (χ1v) is 9.14. The van der Waals surface area contributed by atoms with Crippen LogP contribution in [0.4, 0.5) is 0 Å². The summed E-state index contributed by atoms with van der Waals surface area (Å²) in [5.74, 6) is 0.599. The van der Waals surface area contributed by atoms with Gasteiger partial charge in [0.15, 0.2) is 6.61 Å². The largest absolute Gasteiger partial charge is 0.483 e. The highest BCUT2D eigenvalue weighted by atomic mass is 16.5. The summed E-state index contributed by atoms with van der Waals surface area (Å²) < 4.78 is 5.76. The third-order valence-corrected chi connectivity index (χ3v) is 4.55. The van der Waals surface area contributed by atoms with E-state index in [1.807, 2.05) is 62.4 Å². The van der Waals surface area contributed by atoms with E-state index in [1.54, 1.807) is 0 Å². The van der Waals surface area contributed by atoms with Crippen LogP contribution in [0.1, 0.15) is 33.9 Å². The van der Waals surface area contributed by atoms with Crippen LogP contribution >= 0.6 is 0 Å². The summed E-state index contributed by atoms with van der Waals surface area (Å²) >= 11 is 0. The standard InChI is InChI=1S/C24H25NO2/c1-17-10-13-21(14-11-17)24(20-7-5-4-6-8-20)25-23(26)16-27-22-15-18(2)9-12-19(22)3/h4-15,24H,16H2,1-3H3,(H,25,26). The van der Waals surface area contributed by atoms with Crippen LogP contribution in [-0.2, 0) is 4.79 Å². The summed E-state index contributed by atoms with van der Waals surface area (Å²) in [6, 6.07) is 24.0. The summed E-state index contributed by atoms with van der Waals surface area (Å²) in [7, 11) is 0. The van der Waals surface area contributed by atoms with Gasteiger partial charge >= 0.3 is 0 Å². The van der Waals surface area contributed by atoms with Gasteiger partial charge in [-0.1, -0.05) is 72.3 Å². The zero-order chi connectivity index (χ0) is 19.2. The number of amides is 1. The van der Waals surface area contributed by atoms with E-state index < -0.39 is 0 Å². The molecule has 138 valence electrons. The average molecular weight is 359 g/mol. The molecule has 0 aliphatic heterocycles. The lowest BCUT2D eigenvalue weighted by Crippen LogP contribution is -2.33. The topological polar surface area (TPSA) is 38.3 Å². The molecule has 3 aromatic rings. The van der Waals surface area contributed by atoms with E-state index in [0.717, 1.165) is 28.0 Å². The van der Waals surface area contributed by atoms with Crippen LogP contribution in [0.3, 0.4) is 0 Å². The number of carbonyl (C=O) groups is 1. The van der Waals surface area contributed by atoms with Crippen molar-refractivity contribution in [1.29, 1.82) is 0 Å². The van der Waals surface area contributed by atoms with Crippen molar-refractivity contribution in [2.45, 2.75) is 26.8 Å². The Balaban J connectivity index is 1.74. The van der Waals surface area contributed by atoms with Crippen LogP contribution in [0.2, 0.25) is 0 Å². The van der Waals surface area contributed by atoms with Crippen molar-refractivity contribution >= 4 is 5.91 Å². The van der Waals surface area contributed by atoms with E-state index in [-0.39, 0.29) is 18.6 Å². The Bertz CT molecular complexity index is 901. The molecule has 3 heteroatoms. The van der Waals surface area contributed by atoms with Gasteiger partial charge in [0.1, 0.15) is 5.75 Å². The molecule has 1 unspecified atom stereocenters. The monoisotopic (exact) mass is 359 g/mol. The Kier molecular flexibility index (Phi) is 5.92. The number of nitrogens with one attached hydrogen (secondary N) is 1. The molecule has 0 radical (unpaired) electrons. The molecule has 3 aromatic carbocycles. The SMILES string of the molecule is Cc1ccc(C(NC(=O)COc2cc(C)ccc2C)c2ccccc2)cc1. The van der Waals surface area contributed by atoms with Crippen LogP contribution < -0.4 is 10.1 Å². The van der Waals surface area contributed by atoms with Crippen LogP contribution in [-0.4, -0.2) is 12.5 Å². The maximum Gasteiger partial charge on any atom is 0.258 e. The van der Waals surface area contributed by atoms with Crippen molar-refractivity contribution in [3.8, 4) is 5.75 Å². The summed E-state index contributed by atoms with van der Waals surface area (Å²) in [4.78, 5) is 12.6. The minimum absolute atomic E-state index is 0.0144. The zero-order valence-corrected chi connectivity index (χ0v) is 16.0. The number of ether oxygens (including phenoxy) is 1. The van der Waals surface area contributed by atoms with E-state index in [0.29, 0.717) is 0 Å². The van der Waals surface area contributed by atoms with Gasteiger partial charge in [0.05, 0.1) is 6.04 Å². The maximum atomic E-state index is 12.6. The van der Waals surface area contributed by atoms with Gasteiger partial charge in [0, 0.05) is 0 Å². The van der Waals surface area contributed by atoms with Gasteiger partial charge in [-0.25, -0.2) is 0 Å². The fraction of sp³-hybridized carbons (Fsp3) is 0.208. The van der Waals surface area contributed by atoms with Gasteiger partial charge in [-0.05, 0) is 49.1 Å². The fourth-order valence-corrected chi connectivity index (χ4v) is 2.97. The second-order valence-corrected chi connectivity index (χ2v) is 6.88. The predicted molar refractivity (Wildman–Crippen MR) is 109 cm³/mol. The first-order valence-electron chi connectivity index (χ1n) is 9.14. The first-order chi connectivity index (χ1) is 13.0. The molecule has 1 amide bonds. The normalized spacial score (nSPS) is 11.7. The molecule has 0 aliphatic rings. The Morgan fingerprint density at radius 2 is 1.48 bits per heavy atom. The minimum Gasteiger partial charge on any atom is -0.483 e. The van der Waals surface area contributed by atoms with Crippen LogP contribution in [0.25, 0.3) is 0 Å². The third kappa shape index (κ3) is 4.98. The zero-order valence-electron chi connectivity index (χ0n) is 16.0. The van der Waals surface area contributed by atoms with E-state index >= 15 is 0 Å². The second kappa shape index (κ2) is 8.54. The number of hydrogen-bond donors (Lipinski definition) is 1. The van der Waals surface area contributed by atoms with Crippen LogP contribution in [0.15, 0.2) is 72.8 Å². The van der Waals surface area contributed by atoms with Crippen molar-refractivity contribution in [3.63, 3.8) is 0 Å². The quantitative estimate of drug-likeness (QED) is 0.680. The molecule has 1 N–H and O–H groups in total. The third-order valence-electron chi connectivity index (χ3n) is 4.55. The molecule has 0 heterocycles. The molecule has 27 heavy (non-hydrogen) atoms. The van der Waals surface area contributed by atoms with Gasteiger partial charge in [0.25, 0.3) is 5.91 Å². The smallest absolute Gasteiger partial charge is 0.258 e. The van der Waals surface area contributed by atoms with E-state index in [4.69, 9.17) is 4.74 Å². The lowest BCUT2D eigenvalue weighted by Gasteiger charge is -2.20. The molecular formula is C24H25NO2. The highest BCUT2D eigenvalue weighted by Gasteiger charge is 2.17. The van der Waals surface area contributed by atoms with Gasteiger partial charge in [0.2, 0.25) is 0 Å². The molecule has 0 fully saturated rings. The number of rotatable bonds is 6. The molecule has 0 aliphatic carbocycles. The lowest BCUT2D eigenvalue weighted by molar-refractivity contribution is -0.123. The molecule has 0 spiro atoms. The van der Waals surface area contributed by atoms with Crippen molar-refractivity contribution in [2.24, 2.45) is 0 Å². The molecular weight excluding hydrogens is 334 g/mol. The molecule has 1 atom stereocenters. The highest BCUT2D eigenvalue weighted by molar-refractivity contribution is 5.78. The summed E-state index contributed by atoms with van der Waals surface area (Å²) in [6.07, 6.45) is 0. The molecule has 0 aromatic heterocycles. The van der Waals surface area contributed by atoms with Crippen LogP contribution in [0.5, 0.6) is 5.75 Å². The lowest BCUT2D eigenvalue weighted by atomic mass is 9.98. The van der Waals surface area contributed by atoms with Crippen molar-refractivity contribution in [1.82, 2.24) is 5.32 Å². The number of benzene rings is 3. The molecule has 3 rings (SSSR count). The maximum absolute atomic E-state index is 12.6. The number of hydrogen-bond acceptors (Lipinski definition) is 2. The molecule has 0 bridgehead atoms. The first kappa shape index (κ1) is 18.7. The summed E-state index contributed by atoms with van der Waals surface area (Å²) in [6.45, 7) is 6.03. The summed E-state index contributed by atoms with van der Waals surface area (Å²) in [5.41, 5.74) is 5.41. The molecule has 0 saturated carbocycles. The average Bonchev–Trinajstić information content (AvgIpc) is 2.68. The second-order valence-electron chi connectivity index (χ2n) is 6.88. The predicted octanol–water partition coefficient (Wildman–Crippen LogP) is 4.90. The van der Waals surface area contributed by atoms with Gasteiger partial charge in [-0.3, -0.25) is 4.79 Å². The highest BCUT2D eigenvalue weighted by Crippen LogP contribution is 2.23. The number of aryl methyl sites for hydroxylation is 3. The fourth-order valence-electron chi connectivity index (χ4n) is 2.97. The van der Waals surface area contributed by atoms with Crippen molar-refractivity contribution < 1.29 is 9.53 Å². The minimum atomic E-state index is -0.207. The van der Waals surface area contributed by atoms with Crippen molar-refractivity contribution in [2.75, 3.05) is 6.61 Å². The summed E-state index contributed by atoms with van der Waals surface area (Å²) in [5, 5.41) is 3.11. The number of carbonyl (C=O) groups excluding carboxylic acids is 1. The Morgan fingerprint density at radius 3 is 2.19 bits per heavy atom. The van der Waals surface area contributed by atoms with E-state index in [2.05, 4.69) is 36.5 Å². The van der Waals surface area contributed by atoms with Gasteiger partial charge in [-0.15, -0.1) is 0 Å². The van der Waals surface area contributed by atoms with E-state index in [1.165, 1.54) is 5.56 Å². The van der Waals surface area contributed by atoms with E-state index in [9.17, 15) is 4.79 Å². The van der Waals surface area contributed by atoms with Gasteiger partial charge in [-0.2, -0.15) is 0 Å².